The molecule has 0 spiro atoms. The number of amides is 2. The number of carbonyl (C=O) groups is 2. The minimum absolute atomic E-state index is 0.0120. The van der Waals surface area contributed by atoms with Gasteiger partial charge >= 0.3 is 0 Å². The first-order chi connectivity index (χ1) is 16.4. The summed E-state index contributed by atoms with van der Waals surface area (Å²) in [6.45, 7) is 5.10. The Morgan fingerprint density at radius 1 is 0.912 bits per heavy atom. The van der Waals surface area contributed by atoms with E-state index in [1.54, 1.807) is 41.3 Å². The van der Waals surface area contributed by atoms with Gasteiger partial charge in [-0.2, -0.15) is 10.5 Å². The van der Waals surface area contributed by atoms with Gasteiger partial charge in [-0.25, -0.2) is 0 Å². The zero-order chi connectivity index (χ0) is 24.5. The number of piperidine rings is 1. The Hall–Kier alpha value is -4.16. The first kappa shape index (κ1) is 24.5. The fourth-order valence-corrected chi connectivity index (χ4v) is 4.22. The molecule has 2 aromatic carbocycles. The summed E-state index contributed by atoms with van der Waals surface area (Å²) in [5.41, 5.74) is 2.49. The number of likely N-dealkylation sites (tertiary alicyclic amines) is 1. The van der Waals surface area contributed by atoms with Crippen LogP contribution in [0.1, 0.15) is 48.9 Å². The Kier molecular flexibility index (Phi) is 8.37. The minimum Gasteiger partial charge on any atom is -0.339 e. The third kappa shape index (κ3) is 5.99. The van der Waals surface area contributed by atoms with E-state index < -0.39 is 0 Å². The van der Waals surface area contributed by atoms with Gasteiger partial charge in [0.1, 0.15) is 0 Å². The van der Waals surface area contributed by atoms with Gasteiger partial charge < -0.3 is 9.80 Å². The highest BCUT2D eigenvalue weighted by Crippen LogP contribution is 2.21. The normalized spacial score (nSPS) is 14.3. The van der Waals surface area contributed by atoms with Crippen molar-refractivity contribution in [3.63, 3.8) is 0 Å². The van der Waals surface area contributed by atoms with Crippen molar-refractivity contribution < 1.29 is 9.59 Å². The summed E-state index contributed by atoms with van der Waals surface area (Å²) in [5.74, 6) is -0.192. The van der Waals surface area contributed by atoms with Gasteiger partial charge in [-0.3, -0.25) is 9.59 Å². The molecule has 1 fully saturated rings. The largest absolute Gasteiger partial charge is 0.339 e. The highest BCUT2D eigenvalue weighted by molar-refractivity contribution is 5.93. The van der Waals surface area contributed by atoms with E-state index in [1.165, 1.54) is 12.2 Å². The van der Waals surface area contributed by atoms with Gasteiger partial charge in [0.25, 0.3) is 0 Å². The molecular formula is C28H28N4O2. The van der Waals surface area contributed by atoms with Gasteiger partial charge in [0.05, 0.1) is 23.3 Å². The third-order valence-electron chi connectivity index (χ3n) is 5.95. The van der Waals surface area contributed by atoms with Gasteiger partial charge in [0, 0.05) is 37.3 Å². The second-order valence-electron chi connectivity index (χ2n) is 8.46. The summed E-state index contributed by atoms with van der Waals surface area (Å²) in [5, 5.41) is 18.5. The van der Waals surface area contributed by atoms with Gasteiger partial charge in [-0.15, -0.1) is 0 Å². The van der Waals surface area contributed by atoms with Crippen LogP contribution in [-0.4, -0.2) is 46.8 Å². The van der Waals surface area contributed by atoms with Crippen LogP contribution in [0, 0.1) is 22.7 Å². The van der Waals surface area contributed by atoms with Crippen LogP contribution in [0.15, 0.2) is 60.7 Å². The summed E-state index contributed by atoms with van der Waals surface area (Å²) < 4.78 is 0. The molecule has 2 amide bonds. The van der Waals surface area contributed by atoms with E-state index in [4.69, 9.17) is 0 Å². The van der Waals surface area contributed by atoms with Crippen molar-refractivity contribution in [1.29, 1.82) is 10.5 Å². The Bertz CT molecular complexity index is 1180. The maximum absolute atomic E-state index is 13.0. The van der Waals surface area contributed by atoms with E-state index in [1.807, 2.05) is 43.0 Å². The maximum Gasteiger partial charge on any atom is 0.247 e. The molecule has 0 atom stereocenters. The lowest BCUT2D eigenvalue weighted by molar-refractivity contribution is -0.132. The van der Waals surface area contributed by atoms with Gasteiger partial charge in [0.2, 0.25) is 11.8 Å². The van der Waals surface area contributed by atoms with Crippen LogP contribution in [0.3, 0.4) is 0 Å². The SMILES string of the molecule is CC(C)N(C(=O)C=Cc1ccccc1C#N)C1CCN(C(=O)C=Cc2ccccc2C#N)CC1. The van der Waals surface area contributed by atoms with Gasteiger partial charge in [-0.1, -0.05) is 36.4 Å². The van der Waals surface area contributed by atoms with Crippen molar-refractivity contribution in [2.24, 2.45) is 0 Å². The third-order valence-corrected chi connectivity index (χ3v) is 5.95. The average Bonchev–Trinajstić information content (AvgIpc) is 2.86. The second kappa shape index (κ2) is 11.6. The molecule has 172 valence electrons. The summed E-state index contributed by atoms with van der Waals surface area (Å²) >= 11 is 0. The molecule has 6 nitrogen and oxygen atoms in total. The fourth-order valence-electron chi connectivity index (χ4n) is 4.22. The molecule has 3 rings (SSSR count). The van der Waals surface area contributed by atoms with E-state index in [9.17, 15) is 20.1 Å². The Morgan fingerprint density at radius 3 is 1.91 bits per heavy atom. The number of nitrogens with zero attached hydrogens (tertiary/aromatic N) is 4. The molecule has 1 aliphatic rings. The quantitative estimate of drug-likeness (QED) is 0.608. The van der Waals surface area contributed by atoms with Crippen LogP contribution in [0.5, 0.6) is 0 Å². The van der Waals surface area contributed by atoms with E-state index >= 15 is 0 Å². The summed E-state index contributed by atoms with van der Waals surface area (Å²) in [6.07, 6.45) is 7.81. The summed E-state index contributed by atoms with van der Waals surface area (Å²) in [6, 6.07) is 18.7. The monoisotopic (exact) mass is 452 g/mol. The molecule has 0 unspecified atom stereocenters. The first-order valence-electron chi connectivity index (χ1n) is 11.4. The minimum atomic E-state index is -0.0967. The van der Waals surface area contributed by atoms with Crippen LogP contribution in [-0.2, 0) is 9.59 Å². The summed E-state index contributed by atoms with van der Waals surface area (Å²) in [4.78, 5) is 29.4. The number of hydrogen-bond acceptors (Lipinski definition) is 4. The van der Waals surface area contributed by atoms with Crippen molar-refractivity contribution in [2.45, 2.75) is 38.8 Å². The Morgan fingerprint density at radius 2 is 1.41 bits per heavy atom. The molecule has 0 saturated carbocycles. The van der Waals surface area contributed by atoms with Gasteiger partial charge in [0.15, 0.2) is 0 Å². The number of benzene rings is 2. The molecule has 1 saturated heterocycles. The van der Waals surface area contributed by atoms with Crippen LogP contribution < -0.4 is 0 Å². The van der Waals surface area contributed by atoms with Crippen molar-refractivity contribution in [1.82, 2.24) is 9.80 Å². The number of nitriles is 2. The highest BCUT2D eigenvalue weighted by atomic mass is 16.2. The van der Waals surface area contributed by atoms with Crippen molar-refractivity contribution in [2.75, 3.05) is 13.1 Å². The molecule has 2 aromatic rings. The molecule has 1 aliphatic heterocycles. The smallest absolute Gasteiger partial charge is 0.247 e. The fraction of sp³-hybridized carbons (Fsp3) is 0.286. The number of rotatable bonds is 6. The molecule has 1 heterocycles. The zero-order valence-corrected chi connectivity index (χ0v) is 19.5. The molecule has 0 radical (unpaired) electrons. The highest BCUT2D eigenvalue weighted by Gasteiger charge is 2.29. The van der Waals surface area contributed by atoms with Crippen molar-refractivity contribution >= 4 is 24.0 Å². The first-order valence-corrected chi connectivity index (χ1v) is 11.4. The molecule has 0 aliphatic carbocycles. The molecule has 6 heteroatoms. The average molecular weight is 453 g/mol. The number of hydrogen-bond donors (Lipinski definition) is 0. The van der Waals surface area contributed by atoms with Crippen molar-refractivity contribution in [3.8, 4) is 12.1 Å². The number of carbonyl (C=O) groups excluding carboxylic acids is 2. The topological polar surface area (TPSA) is 88.2 Å². The maximum atomic E-state index is 13.0. The van der Waals surface area contributed by atoms with Crippen LogP contribution in [0.2, 0.25) is 0 Å². The molecule has 0 N–H and O–H groups in total. The standard InChI is InChI=1S/C28H28N4O2/c1-21(2)32(28(34)14-12-23-8-4-6-10-25(23)20-30)26-15-17-31(18-16-26)27(33)13-11-22-7-3-5-9-24(22)19-29/h3-14,21,26H,15-18H2,1-2H3. The molecule has 0 bridgehead atoms. The molecule has 0 aromatic heterocycles. The van der Waals surface area contributed by atoms with Crippen LogP contribution in [0.4, 0.5) is 0 Å². The molecule has 34 heavy (non-hydrogen) atoms. The van der Waals surface area contributed by atoms with Crippen LogP contribution >= 0.6 is 0 Å². The lowest BCUT2D eigenvalue weighted by Gasteiger charge is -2.40. The Labute approximate surface area is 201 Å². The van der Waals surface area contributed by atoms with E-state index in [2.05, 4.69) is 12.1 Å². The van der Waals surface area contributed by atoms with E-state index in [0.29, 0.717) is 42.6 Å². The predicted octanol–water partition coefficient (Wildman–Crippen LogP) is 4.38. The van der Waals surface area contributed by atoms with Crippen molar-refractivity contribution in [3.05, 3.63) is 82.9 Å². The molecular weight excluding hydrogens is 424 g/mol. The van der Waals surface area contributed by atoms with Crippen LogP contribution in [0.25, 0.3) is 12.2 Å². The lowest BCUT2D eigenvalue weighted by atomic mass is 10.0. The predicted molar refractivity (Wildman–Crippen MR) is 132 cm³/mol. The summed E-state index contributed by atoms with van der Waals surface area (Å²) in [7, 11) is 0. The second-order valence-corrected chi connectivity index (χ2v) is 8.46. The van der Waals surface area contributed by atoms with Gasteiger partial charge in [-0.05, 0) is 62.1 Å². The lowest BCUT2D eigenvalue weighted by Crippen LogP contribution is -2.50. The zero-order valence-electron chi connectivity index (χ0n) is 19.5. The van der Waals surface area contributed by atoms with E-state index in [-0.39, 0.29) is 23.9 Å². The Balaban J connectivity index is 1.62. The van der Waals surface area contributed by atoms with E-state index in [0.717, 1.165) is 5.56 Å².